The van der Waals surface area contributed by atoms with Gasteiger partial charge in [-0.15, -0.1) is 0 Å². The first-order chi connectivity index (χ1) is 9.05. The van der Waals surface area contributed by atoms with Gasteiger partial charge in [-0.1, -0.05) is 0 Å². The van der Waals surface area contributed by atoms with Gasteiger partial charge in [-0.2, -0.15) is 13.2 Å². The molecule has 0 unspecified atom stereocenters. The molecule has 0 spiro atoms. The van der Waals surface area contributed by atoms with Crippen molar-refractivity contribution in [1.82, 2.24) is 15.0 Å². The Morgan fingerprint density at radius 2 is 1.89 bits per heavy atom. The maximum Gasteiger partial charge on any atom is 0.416 e. The van der Waals surface area contributed by atoms with E-state index in [0.717, 1.165) is 38.3 Å². The number of hydrogen-bond donors (Lipinski definition) is 1. The Bertz CT molecular complexity index is 584. The minimum atomic E-state index is -4.33. The Morgan fingerprint density at radius 3 is 2.58 bits per heavy atom. The first kappa shape index (κ1) is 12.3. The molecule has 102 valence electrons. The van der Waals surface area contributed by atoms with Crippen LogP contribution < -0.4 is 10.3 Å². The highest BCUT2D eigenvalue weighted by Crippen LogP contribution is 2.31. The number of piperazine rings is 1. The van der Waals surface area contributed by atoms with E-state index >= 15 is 0 Å². The highest BCUT2D eigenvalue weighted by Gasteiger charge is 2.31. The molecule has 7 heteroatoms. The third-order valence-electron chi connectivity index (χ3n) is 3.25. The van der Waals surface area contributed by atoms with Crippen molar-refractivity contribution in [3.63, 3.8) is 0 Å². The molecule has 4 nitrogen and oxygen atoms in total. The fourth-order valence-electron chi connectivity index (χ4n) is 2.27. The molecular weight excluding hydrogens is 257 g/mol. The van der Waals surface area contributed by atoms with Crippen LogP contribution >= 0.6 is 0 Å². The van der Waals surface area contributed by atoms with Crippen molar-refractivity contribution < 1.29 is 13.2 Å². The fraction of sp³-hybridized carbons (Fsp3) is 0.417. The molecule has 1 aromatic heterocycles. The van der Waals surface area contributed by atoms with Gasteiger partial charge in [0, 0.05) is 26.2 Å². The van der Waals surface area contributed by atoms with Crippen LogP contribution in [0.25, 0.3) is 11.0 Å². The topological polar surface area (TPSA) is 33.1 Å². The second-order valence-electron chi connectivity index (χ2n) is 4.49. The van der Waals surface area contributed by atoms with Crippen LogP contribution in [-0.4, -0.2) is 35.8 Å². The summed E-state index contributed by atoms with van der Waals surface area (Å²) >= 11 is 0. The number of aromatic nitrogens is 2. The van der Waals surface area contributed by atoms with E-state index in [4.69, 9.17) is 0 Å². The number of imidazole rings is 1. The highest BCUT2D eigenvalue weighted by atomic mass is 19.4. The van der Waals surface area contributed by atoms with Gasteiger partial charge in [0.05, 0.1) is 16.6 Å². The molecule has 2 heterocycles. The van der Waals surface area contributed by atoms with Gasteiger partial charge in [0.1, 0.15) is 6.33 Å². The monoisotopic (exact) mass is 270 g/mol. The van der Waals surface area contributed by atoms with Gasteiger partial charge in [0.2, 0.25) is 0 Å². The first-order valence-corrected chi connectivity index (χ1v) is 6.06. The minimum absolute atomic E-state index is 0.369. The molecule has 0 saturated carbocycles. The number of hydrogen-bond acceptors (Lipinski definition) is 3. The Balaban J connectivity index is 2.00. The van der Waals surface area contributed by atoms with Crippen LogP contribution in [0.5, 0.6) is 0 Å². The predicted molar refractivity (Wildman–Crippen MR) is 65.6 cm³/mol. The van der Waals surface area contributed by atoms with Gasteiger partial charge in [0.15, 0.2) is 0 Å². The van der Waals surface area contributed by atoms with E-state index in [9.17, 15) is 13.2 Å². The number of rotatable bonds is 1. The van der Waals surface area contributed by atoms with Gasteiger partial charge >= 0.3 is 6.18 Å². The molecule has 1 saturated heterocycles. The third kappa shape index (κ3) is 2.25. The Hall–Kier alpha value is -1.76. The van der Waals surface area contributed by atoms with Gasteiger partial charge < -0.3 is 10.3 Å². The van der Waals surface area contributed by atoms with Crippen molar-refractivity contribution in [1.29, 1.82) is 0 Å². The average molecular weight is 270 g/mol. The van der Waals surface area contributed by atoms with E-state index < -0.39 is 11.7 Å². The molecule has 3 rings (SSSR count). The summed E-state index contributed by atoms with van der Waals surface area (Å²) in [6, 6.07) is 3.67. The van der Waals surface area contributed by atoms with Gasteiger partial charge in [-0.05, 0) is 18.2 Å². The molecule has 1 aromatic carbocycles. The fourth-order valence-corrected chi connectivity index (χ4v) is 2.27. The van der Waals surface area contributed by atoms with Crippen molar-refractivity contribution in [2.45, 2.75) is 6.18 Å². The molecule has 1 aliphatic rings. The van der Waals surface area contributed by atoms with Gasteiger partial charge in [-0.25, -0.2) is 9.66 Å². The summed E-state index contributed by atoms with van der Waals surface area (Å²) in [5.41, 5.74) is 0.411. The molecular formula is C12H13F3N4. The van der Waals surface area contributed by atoms with Crippen LogP contribution in [0.4, 0.5) is 13.2 Å². The lowest BCUT2D eigenvalue weighted by Crippen LogP contribution is -2.48. The first-order valence-electron chi connectivity index (χ1n) is 6.06. The zero-order valence-corrected chi connectivity index (χ0v) is 10.1. The largest absolute Gasteiger partial charge is 0.416 e. The lowest BCUT2D eigenvalue weighted by molar-refractivity contribution is -0.137. The third-order valence-corrected chi connectivity index (χ3v) is 3.25. The zero-order valence-electron chi connectivity index (χ0n) is 10.1. The van der Waals surface area contributed by atoms with Crippen LogP contribution in [0.2, 0.25) is 0 Å². The van der Waals surface area contributed by atoms with E-state index in [0.29, 0.717) is 11.0 Å². The van der Waals surface area contributed by atoms with Crippen LogP contribution in [0.1, 0.15) is 5.56 Å². The summed E-state index contributed by atoms with van der Waals surface area (Å²) in [6.07, 6.45) is -2.75. The van der Waals surface area contributed by atoms with E-state index in [2.05, 4.69) is 15.3 Å². The van der Waals surface area contributed by atoms with Crippen LogP contribution in [0, 0.1) is 0 Å². The maximum absolute atomic E-state index is 12.6. The Morgan fingerprint density at radius 1 is 1.16 bits per heavy atom. The van der Waals surface area contributed by atoms with Crippen LogP contribution in [-0.2, 0) is 6.18 Å². The van der Waals surface area contributed by atoms with E-state index in [1.54, 1.807) is 6.33 Å². The van der Waals surface area contributed by atoms with E-state index in [-0.39, 0.29) is 0 Å². The highest BCUT2D eigenvalue weighted by molar-refractivity contribution is 5.76. The molecule has 0 bridgehead atoms. The van der Waals surface area contributed by atoms with Crippen molar-refractivity contribution in [3.8, 4) is 0 Å². The van der Waals surface area contributed by atoms with Gasteiger partial charge in [-0.3, -0.25) is 0 Å². The minimum Gasteiger partial charge on any atom is -0.313 e. The molecule has 1 N–H and O–H groups in total. The predicted octanol–water partition coefficient (Wildman–Crippen LogP) is 1.60. The van der Waals surface area contributed by atoms with Crippen molar-refractivity contribution in [3.05, 3.63) is 30.1 Å². The number of halogens is 3. The molecule has 0 radical (unpaired) electrons. The molecule has 0 aliphatic carbocycles. The summed E-state index contributed by atoms with van der Waals surface area (Å²) in [5, 5.41) is 5.30. The Kier molecular flexibility index (Phi) is 2.85. The summed E-state index contributed by atoms with van der Waals surface area (Å²) in [4.78, 5) is 4.07. The normalized spacial score (nSPS) is 17.1. The number of nitrogens with zero attached hydrogens (tertiary/aromatic N) is 3. The number of alkyl halides is 3. The quantitative estimate of drug-likeness (QED) is 0.854. The second-order valence-corrected chi connectivity index (χ2v) is 4.49. The maximum atomic E-state index is 12.6. The van der Waals surface area contributed by atoms with Crippen LogP contribution in [0.3, 0.4) is 0 Å². The lowest BCUT2D eigenvalue weighted by Gasteiger charge is -2.30. The second kappa shape index (κ2) is 4.41. The smallest absolute Gasteiger partial charge is 0.313 e. The van der Waals surface area contributed by atoms with E-state index in [1.807, 2.05) is 4.68 Å². The number of fused-ring (bicyclic) bond motifs is 1. The Labute approximate surface area is 107 Å². The average Bonchev–Trinajstić information content (AvgIpc) is 2.81. The summed E-state index contributed by atoms with van der Waals surface area (Å²) in [6.45, 7) is 3.35. The van der Waals surface area contributed by atoms with Crippen molar-refractivity contribution in [2.24, 2.45) is 0 Å². The summed E-state index contributed by atoms with van der Waals surface area (Å²) < 4.78 is 39.7. The molecule has 19 heavy (non-hydrogen) atoms. The molecule has 1 aliphatic heterocycles. The molecule has 0 amide bonds. The SMILES string of the molecule is FC(F)(F)c1ccc2c(c1)ncn2N1CCNCC1. The summed E-state index contributed by atoms with van der Waals surface area (Å²) in [5.74, 6) is 0. The molecule has 2 aromatic rings. The standard InChI is InChI=1S/C12H13F3N4/c13-12(14,15)9-1-2-11-10(7-9)17-8-19(11)18-5-3-16-4-6-18/h1-2,7-8,16H,3-6H2. The van der Waals surface area contributed by atoms with E-state index in [1.165, 1.54) is 6.07 Å². The number of benzene rings is 1. The van der Waals surface area contributed by atoms with Crippen molar-refractivity contribution >= 4 is 11.0 Å². The van der Waals surface area contributed by atoms with Crippen molar-refractivity contribution in [2.75, 3.05) is 31.2 Å². The lowest BCUT2D eigenvalue weighted by atomic mass is 10.2. The van der Waals surface area contributed by atoms with Gasteiger partial charge in [0.25, 0.3) is 0 Å². The molecule has 1 fully saturated rings. The number of nitrogens with one attached hydrogen (secondary N) is 1. The molecule has 0 atom stereocenters. The zero-order chi connectivity index (χ0) is 13.5. The summed E-state index contributed by atoms with van der Waals surface area (Å²) in [7, 11) is 0. The van der Waals surface area contributed by atoms with Crippen LogP contribution in [0.15, 0.2) is 24.5 Å².